The molecule has 2 saturated heterocycles. The highest BCUT2D eigenvalue weighted by Crippen LogP contribution is 2.29. The van der Waals surface area contributed by atoms with Crippen molar-refractivity contribution in [3.05, 3.63) is 35.6 Å². The quantitative estimate of drug-likeness (QED) is 0.902. The predicted molar refractivity (Wildman–Crippen MR) is 90.6 cm³/mol. The molecule has 5 nitrogen and oxygen atoms in total. The van der Waals surface area contributed by atoms with Crippen molar-refractivity contribution in [1.82, 2.24) is 15.1 Å². The van der Waals surface area contributed by atoms with Gasteiger partial charge in [-0.3, -0.25) is 9.69 Å². The Bertz CT molecular complexity index is 550. The molecule has 0 unspecified atom stereocenters. The van der Waals surface area contributed by atoms with Crippen LogP contribution in [0.25, 0.3) is 0 Å². The van der Waals surface area contributed by atoms with Crippen molar-refractivity contribution in [1.29, 1.82) is 0 Å². The van der Waals surface area contributed by atoms with Crippen LogP contribution in [0.1, 0.15) is 23.2 Å². The number of likely N-dealkylation sites (tertiary alicyclic amines) is 1. The maximum atomic E-state index is 13.0. The molecule has 2 fully saturated rings. The second-order valence-electron chi connectivity index (χ2n) is 6.82. The molecule has 0 saturated carbocycles. The Hall–Kier alpha value is -1.50. The first kappa shape index (κ1) is 17.3. The Kier molecular flexibility index (Phi) is 5.48. The average Bonchev–Trinajstić information content (AvgIpc) is 2.63. The molecule has 2 heterocycles. The lowest BCUT2D eigenvalue weighted by atomic mass is 9.85. The number of ether oxygens (including phenoxy) is 1. The van der Waals surface area contributed by atoms with Gasteiger partial charge in [0.25, 0.3) is 5.91 Å². The molecule has 0 atom stereocenters. The molecule has 0 bridgehead atoms. The van der Waals surface area contributed by atoms with Crippen molar-refractivity contribution in [2.24, 2.45) is 0 Å². The minimum atomic E-state index is -0.327. The van der Waals surface area contributed by atoms with Crippen molar-refractivity contribution >= 4 is 5.91 Å². The van der Waals surface area contributed by atoms with E-state index in [4.69, 9.17) is 4.74 Å². The maximum absolute atomic E-state index is 13.0. The number of benzene rings is 1. The van der Waals surface area contributed by atoms with Gasteiger partial charge in [0.2, 0.25) is 0 Å². The van der Waals surface area contributed by atoms with Crippen molar-refractivity contribution in [2.75, 3.05) is 53.0 Å². The molecule has 2 aliphatic heterocycles. The number of carbonyl (C=O) groups excluding carboxylic acids is 1. The molecule has 1 N–H and O–H groups in total. The lowest BCUT2D eigenvalue weighted by Crippen LogP contribution is -2.62. The Balaban J connectivity index is 1.67. The molecule has 24 heavy (non-hydrogen) atoms. The van der Waals surface area contributed by atoms with Gasteiger partial charge in [-0.05, 0) is 57.2 Å². The second-order valence-corrected chi connectivity index (χ2v) is 6.82. The summed E-state index contributed by atoms with van der Waals surface area (Å²) in [5.41, 5.74) is 0.493. The third kappa shape index (κ3) is 3.94. The summed E-state index contributed by atoms with van der Waals surface area (Å²) < 4.78 is 18.5. The van der Waals surface area contributed by atoms with Crippen molar-refractivity contribution < 1.29 is 13.9 Å². The van der Waals surface area contributed by atoms with Gasteiger partial charge in [0.15, 0.2) is 0 Å². The highest BCUT2D eigenvalue weighted by Gasteiger charge is 2.40. The third-order valence-electron chi connectivity index (χ3n) is 5.28. The van der Waals surface area contributed by atoms with Crippen LogP contribution >= 0.6 is 0 Å². The maximum Gasteiger partial charge on any atom is 0.251 e. The number of nitrogens with zero attached hydrogens (tertiary/aromatic N) is 2. The van der Waals surface area contributed by atoms with Gasteiger partial charge in [-0.2, -0.15) is 0 Å². The van der Waals surface area contributed by atoms with E-state index in [9.17, 15) is 9.18 Å². The number of halogens is 1. The number of hydrogen-bond acceptors (Lipinski definition) is 4. The van der Waals surface area contributed by atoms with E-state index in [-0.39, 0.29) is 17.3 Å². The molecule has 0 spiro atoms. The number of amides is 1. The smallest absolute Gasteiger partial charge is 0.251 e. The predicted octanol–water partition coefficient (Wildman–Crippen LogP) is 1.35. The van der Waals surface area contributed by atoms with E-state index in [0.717, 1.165) is 52.2 Å². The SMILES string of the molecule is CN1CCC(CNC(=O)c2ccc(F)cc2)(N2CCOCC2)CC1. The molecule has 0 aliphatic carbocycles. The van der Waals surface area contributed by atoms with Gasteiger partial charge in [-0.1, -0.05) is 0 Å². The second kappa shape index (κ2) is 7.59. The molecule has 0 radical (unpaired) electrons. The fourth-order valence-corrected chi connectivity index (χ4v) is 3.63. The zero-order valence-corrected chi connectivity index (χ0v) is 14.3. The van der Waals surface area contributed by atoms with E-state index in [0.29, 0.717) is 12.1 Å². The highest BCUT2D eigenvalue weighted by atomic mass is 19.1. The Morgan fingerprint density at radius 1 is 1.17 bits per heavy atom. The first-order valence-electron chi connectivity index (χ1n) is 8.64. The fourth-order valence-electron chi connectivity index (χ4n) is 3.63. The monoisotopic (exact) mass is 335 g/mol. The van der Waals surface area contributed by atoms with Crippen LogP contribution in [0, 0.1) is 5.82 Å². The summed E-state index contributed by atoms with van der Waals surface area (Å²) in [4.78, 5) is 17.2. The largest absolute Gasteiger partial charge is 0.379 e. The van der Waals surface area contributed by atoms with Crippen LogP contribution in [-0.4, -0.2) is 74.2 Å². The van der Waals surface area contributed by atoms with E-state index >= 15 is 0 Å². The Labute approximate surface area is 142 Å². The summed E-state index contributed by atoms with van der Waals surface area (Å²) in [5, 5.41) is 3.08. The fraction of sp³-hybridized carbons (Fsp3) is 0.611. The van der Waals surface area contributed by atoms with Gasteiger partial charge in [0, 0.05) is 30.7 Å². The van der Waals surface area contributed by atoms with E-state index < -0.39 is 0 Å². The molecule has 1 aromatic carbocycles. The summed E-state index contributed by atoms with van der Waals surface area (Å²) in [6, 6.07) is 5.70. The average molecular weight is 335 g/mol. The molecule has 0 aromatic heterocycles. The first-order chi connectivity index (χ1) is 11.6. The molecule has 1 aromatic rings. The standard InChI is InChI=1S/C18H26FN3O2/c1-21-8-6-18(7-9-21,22-10-12-24-13-11-22)14-20-17(23)15-2-4-16(19)5-3-15/h2-5H,6-14H2,1H3,(H,20,23). The minimum absolute atomic E-state index is 0.00796. The number of hydrogen-bond donors (Lipinski definition) is 1. The Morgan fingerprint density at radius 2 is 1.79 bits per heavy atom. The van der Waals surface area contributed by atoms with Crippen LogP contribution in [0.3, 0.4) is 0 Å². The van der Waals surface area contributed by atoms with Gasteiger partial charge in [-0.15, -0.1) is 0 Å². The number of nitrogens with one attached hydrogen (secondary N) is 1. The van der Waals surface area contributed by atoms with Gasteiger partial charge < -0.3 is 15.0 Å². The van der Waals surface area contributed by atoms with Crippen LogP contribution in [0.4, 0.5) is 4.39 Å². The zero-order valence-electron chi connectivity index (χ0n) is 14.3. The molecular formula is C18H26FN3O2. The van der Waals surface area contributed by atoms with E-state index in [1.165, 1.54) is 24.3 Å². The van der Waals surface area contributed by atoms with Crippen LogP contribution in [0.5, 0.6) is 0 Å². The number of morpholine rings is 1. The van der Waals surface area contributed by atoms with Gasteiger partial charge >= 0.3 is 0 Å². The van der Waals surface area contributed by atoms with Crippen molar-refractivity contribution in [3.8, 4) is 0 Å². The lowest BCUT2D eigenvalue weighted by Gasteiger charge is -2.49. The summed E-state index contributed by atoms with van der Waals surface area (Å²) >= 11 is 0. The number of piperidine rings is 1. The highest BCUT2D eigenvalue weighted by molar-refractivity contribution is 5.94. The molecule has 6 heteroatoms. The van der Waals surface area contributed by atoms with Crippen LogP contribution in [0.15, 0.2) is 24.3 Å². The van der Waals surface area contributed by atoms with Gasteiger partial charge in [-0.25, -0.2) is 4.39 Å². The normalized spacial score (nSPS) is 22.2. The Morgan fingerprint density at radius 3 is 2.42 bits per heavy atom. The van der Waals surface area contributed by atoms with Gasteiger partial charge in [0.1, 0.15) is 5.82 Å². The molecule has 3 rings (SSSR count). The molecule has 132 valence electrons. The molecule has 1 amide bonds. The summed E-state index contributed by atoms with van der Waals surface area (Å²) in [5.74, 6) is -0.465. The minimum Gasteiger partial charge on any atom is -0.379 e. The summed E-state index contributed by atoms with van der Waals surface area (Å²) in [7, 11) is 2.14. The van der Waals surface area contributed by atoms with Crippen LogP contribution in [0.2, 0.25) is 0 Å². The van der Waals surface area contributed by atoms with E-state index in [1.807, 2.05) is 0 Å². The van der Waals surface area contributed by atoms with E-state index in [2.05, 4.69) is 22.2 Å². The zero-order chi connectivity index (χ0) is 17.0. The number of rotatable bonds is 4. The molecule has 2 aliphatic rings. The van der Waals surface area contributed by atoms with Gasteiger partial charge in [0.05, 0.1) is 13.2 Å². The lowest BCUT2D eigenvalue weighted by molar-refractivity contribution is -0.0439. The summed E-state index contributed by atoms with van der Waals surface area (Å²) in [6.45, 7) is 6.02. The topological polar surface area (TPSA) is 44.8 Å². The van der Waals surface area contributed by atoms with Crippen molar-refractivity contribution in [2.45, 2.75) is 18.4 Å². The first-order valence-corrected chi connectivity index (χ1v) is 8.64. The van der Waals surface area contributed by atoms with E-state index in [1.54, 1.807) is 0 Å². The van der Waals surface area contributed by atoms with Crippen LogP contribution in [-0.2, 0) is 4.74 Å². The summed E-state index contributed by atoms with van der Waals surface area (Å²) in [6.07, 6.45) is 2.07. The van der Waals surface area contributed by atoms with Crippen molar-refractivity contribution in [3.63, 3.8) is 0 Å². The molecular weight excluding hydrogens is 309 g/mol. The van der Waals surface area contributed by atoms with Crippen LogP contribution < -0.4 is 5.32 Å². The third-order valence-corrected chi connectivity index (χ3v) is 5.28. The number of carbonyl (C=O) groups is 1.